The first-order valence-electron chi connectivity index (χ1n) is 6.30. The molecule has 0 N–H and O–H groups in total. The number of hydrogen-bond donors (Lipinski definition) is 0. The SMILES string of the molecule is COC(=O)C12CC(C)(C#N)C1C(=O)c1ccccc1O2. The average molecular weight is 271 g/mol. The molecule has 3 unspecified atom stereocenters. The van der Waals surface area contributed by atoms with Crippen LogP contribution in [0.4, 0.5) is 0 Å². The molecule has 0 aromatic heterocycles. The third-order valence-corrected chi connectivity index (χ3v) is 4.23. The summed E-state index contributed by atoms with van der Waals surface area (Å²) in [7, 11) is 1.25. The van der Waals surface area contributed by atoms with Gasteiger partial charge in [0.2, 0.25) is 5.60 Å². The molecule has 102 valence electrons. The topological polar surface area (TPSA) is 76.4 Å². The van der Waals surface area contributed by atoms with Crippen LogP contribution < -0.4 is 4.74 Å². The van der Waals surface area contributed by atoms with Crippen LogP contribution in [0.25, 0.3) is 0 Å². The molecule has 20 heavy (non-hydrogen) atoms. The second kappa shape index (κ2) is 3.83. The quantitative estimate of drug-likeness (QED) is 0.727. The first-order valence-corrected chi connectivity index (χ1v) is 6.30. The van der Waals surface area contributed by atoms with Crippen LogP contribution in [0.3, 0.4) is 0 Å². The van der Waals surface area contributed by atoms with E-state index in [9.17, 15) is 14.9 Å². The van der Waals surface area contributed by atoms with E-state index >= 15 is 0 Å². The Hall–Kier alpha value is -2.35. The highest BCUT2D eigenvalue weighted by Crippen LogP contribution is 2.59. The molecule has 0 radical (unpaired) electrons. The van der Waals surface area contributed by atoms with Crippen LogP contribution in [0.1, 0.15) is 23.7 Å². The maximum atomic E-state index is 12.6. The molecule has 1 saturated carbocycles. The van der Waals surface area contributed by atoms with E-state index in [1.165, 1.54) is 7.11 Å². The van der Waals surface area contributed by atoms with Crippen molar-refractivity contribution in [3.63, 3.8) is 0 Å². The Kier molecular flexibility index (Phi) is 2.42. The van der Waals surface area contributed by atoms with Crippen LogP contribution in [-0.4, -0.2) is 24.5 Å². The molecule has 1 fully saturated rings. The van der Waals surface area contributed by atoms with Crippen molar-refractivity contribution >= 4 is 11.8 Å². The molecule has 1 aromatic rings. The molecule has 0 amide bonds. The van der Waals surface area contributed by atoms with Gasteiger partial charge in [-0.05, 0) is 19.1 Å². The summed E-state index contributed by atoms with van der Waals surface area (Å²) in [6.45, 7) is 1.67. The molecule has 0 saturated heterocycles. The van der Waals surface area contributed by atoms with Crippen molar-refractivity contribution in [3.05, 3.63) is 29.8 Å². The number of rotatable bonds is 1. The first kappa shape index (κ1) is 12.7. The van der Waals surface area contributed by atoms with Crippen molar-refractivity contribution in [1.82, 2.24) is 0 Å². The summed E-state index contributed by atoms with van der Waals surface area (Å²) in [5, 5.41) is 9.31. The maximum Gasteiger partial charge on any atom is 0.351 e. The van der Waals surface area contributed by atoms with Crippen LogP contribution in [-0.2, 0) is 9.53 Å². The fraction of sp³-hybridized carbons (Fsp3) is 0.400. The van der Waals surface area contributed by atoms with Gasteiger partial charge in [-0.15, -0.1) is 0 Å². The van der Waals surface area contributed by atoms with Crippen molar-refractivity contribution < 1.29 is 19.1 Å². The Morgan fingerprint density at radius 2 is 2.20 bits per heavy atom. The van der Waals surface area contributed by atoms with Crippen molar-refractivity contribution in [2.75, 3.05) is 7.11 Å². The minimum absolute atomic E-state index is 0.161. The summed E-state index contributed by atoms with van der Waals surface area (Å²) in [6.07, 6.45) is 0.161. The van der Waals surface area contributed by atoms with Gasteiger partial charge < -0.3 is 9.47 Å². The summed E-state index contributed by atoms with van der Waals surface area (Å²) in [5.74, 6) is -1.27. The zero-order chi connectivity index (χ0) is 14.5. The van der Waals surface area contributed by atoms with Crippen LogP contribution in [0.5, 0.6) is 5.75 Å². The number of nitrogens with zero attached hydrogens (tertiary/aromatic N) is 1. The lowest BCUT2D eigenvalue weighted by Crippen LogP contribution is -2.71. The van der Waals surface area contributed by atoms with Gasteiger partial charge in [-0.25, -0.2) is 4.79 Å². The highest BCUT2D eigenvalue weighted by Gasteiger charge is 2.73. The van der Waals surface area contributed by atoms with Gasteiger partial charge in [0.05, 0.1) is 30.1 Å². The van der Waals surface area contributed by atoms with E-state index in [0.717, 1.165) is 0 Å². The molecule has 1 aliphatic heterocycles. The number of nitriles is 1. The van der Waals surface area contributed by atoms with E-state index in [1.807, 2.05) is 0 Å². The third-order valence-electron chi connectivity index (χ3n) is 4.23. The van der Waals surface area contributed by atoms with E-state index in [2.05, 4.69) is 6.07 Å². The normalized spacial score (nSPS) is 33.9. The molecule has 2 aliphatic rings. The predicted molar refractivity (Wildman–Crippen MR) is 68.0 cm³/mol. The van der Waals surface area contributed by atoms with Gasteiger partial charge in [-0.3, -0.25) is 4.79 Å². The number of carbonyl (C=O) groups is 2. The van der Waals surface area contributed by atoms with Crippen LogP contribution in [0.15, 0.2) is 24.3 Å². The molecule has 0 bridgehead atoms. The number of ketones is 1. The van der Waals surface area contributed by atoms with Gasteiger partial charge in [0.1, 0.15) is 5.75 Å². The number of carbonyl (C=O) groups excluding carboxylic acids is 2. The molecule has 5 nitrogen and oxygen atoms in total. The number of methoxy groups -OCH3 is 1. The average Bonchev–Trinajstić information content (AvgIpc) is 2.44. The van der Waals surface area contributed by atoms with Crippen LogP contribution in [0.2, 0.25) is 0 Å². The molecule has 5 heteroatoms. The molecule has 1 heterocycles. The zero-order valence-electron chi connectivity index (χ0n) is 11.2. The van der Waals surface area contributed by atoms with Gasteiger partial charge in [-0.1, -0.05) is 12.1 Å². The lowest BCUT2D eigenvalue weighted by Gasteiger charge is -2.56. The van der Waals surface area contributed by atoms with E-state index in [-0.39, 0.29) is 12.2 Å². The number of fused-ring (bicyclic) bond motifs is 2. The Balaban J connectivity index is 2.16. The van der Waals surface area contributed by atoms with Gasteiger partial charge in [0.25, 0.3) is 0 Å². The van der Waals surface area contributed by atoms with E-state index in [0.29, 0.717) is 11.3 Å². The highest BCUT2D eigenvalue weighted by atomic mass is 16.6. The molecular weight excluding hydrogens is 258 g/mol. The van der Waals surface area contributed by atoms with Crippen molar-refractivity contribution in [2.24, 2.45) is 11.3 Å². The standard InChI is InChI=1S/C15H13NO4/c1-14(8-16)7-15(13(18)19-2)12(14)11(17)9-5-3-4-6-10(9)20-15/h3-6,12H,7H2,1-2H3. The molecule has 1 aliphatic carbocycles. The number of ether oxygens (including phenoxy) is 2. The second-order valence-electron chi connectivity index (χ2n) is 5.48. The largest absolute Gasteiger partial charge is 0.474 e. The van der Waals surface area contributed by atoms with Gasteiger partial charge in [0, 0.05) is 6.42 Å². The molecule has 3 rings (SSSR count). The lowest BCUT2D eigenvalue weighted by atomic mass is 9.49. The molecule has 1 aromatic carbocycles. The number of esters is 1. The third kappa shape index (κ3) is 1.31. The Morgan fingerprint density at radius 1 is 1.50 bits per heavy atom. The van der Waals surface area contributed by atoms with E-state index in [1.54, 1.807) is 31.2 Å². The van der Waals surface area contributed by atoms with Gasteiger partial charge in [-0.2, -0.15) is 5.26 Å². The van der Waals surface area contributed by atoms with Gasteiger partial charge in [0.15, 0.2) is 5.78 Å². The van der Waals surface area contributed by atoms with E-state index < -0.39 is 22.9 Å². The predicted octanol–water partition coefficient (Wildman–Crippen LogP) is 1.72. The highest BCUT2D eigenvalue weighted by molar-refractivity contribution is 6.07. The lowest BCUT2D eigenvalue weighted by molar-refractivity contribution is -0.190. The molecule has 0 spiro atoms. The monoisotopic (exact) mass is 271 g/mol. The van der Waals surface area contributed by atoms with Crippen molar-refractivity contribution in [2.45, 2.75) is 18.9 Å². The molecular formula is C15H13NO4. The maximum absolute atomic E-state index is 12.6. The Bertz CT molecular complexity index is 662. The molecule has 3 atom stereocenters. The fourth-order valence-corrected chi connectivity index (χ4v) is 3.35. The number of Topliss-reactive ketones (excluding diaryl/α,β-unsaturated/α-hetero) is 1. The summed E-state index contributed by atoms with van der Waals surface area (Å²) >= 11 is 0. The van der Waals surface area contributed by atoms with Crippen molar-refractivity contribution in [3.8, 4) is 11.8 Å². The summed E-state index contributed by atoms with van der Waals surface area (Å²) in [4.78, 5) is 24.7. The minimum atomic E-state index is -1.36. The zero-order valence-corrected chi connectivity index (χ0v) is 11.2. The summed E-state index contributed by atoms with van der Waals surface area (Å²) < 4.78 is 10.6. The van der Waals surface area contributed by atoms with Crippen LogP contribution >= 0.6 is 0 Å². The first-order chi connectivity index (χ1) is 9.48. The minimum Gasteiger partial charge on any atom is -0.474 e. The smallest absolute Gasteiger partial charge is 0.351 e. The number of para-hydroxylation sites is 1. The van der Waals surface area contributed by atoms with E-state index in [4.69, 9.17) is 9.47 Å². The summed E-state index contributed by atoms with van der Waals surface area (Å²) in [6, 6.07) is 8.90. The van der Waals surface area contributed by atoms with Crippen molar-refractivity contribution in [1.29, 1.82) is 5.26 Å². The Labute approximate surface area is 116 Å². The van der Waals surface area contributed by atoms with Crippen LogP contribution in [0, 0.1) is 22.7 Å². The summed E-state index contributed by atoms with van der Waals surface area (Å²) in [5.41, 5.74) is -1.85. The number of benzene rings is 1. The fourth-order valence-electron chi connectivity index (χ4n) is 3.35. The second-order valence-corrected chi connectivity index (χ2v) is 5.48. The van der Waals surface area contributed by atoms with Gasteiger partial charge >= 0.3 is 5.97 Å². The Morgan fingerprint density at radius 3 is 2.85 bits per heavy atom. The number of hydrogen-bond acceptors (Lipinski definition) is 5.